The molecule has 0 N–H and O–H groups in total. The van der Waals surface area contributed by atoms with Crippen LogP contribution in [0.25, 0.3) is 0 Å². The number of methoxy groups -OCH3 is 1. The molecule has 7 heteroatoms. The van der Waals surface area contributed by atoms with Crippen molar-refractivity contribution in [1.82, 2.24) is 9.80 Å². The minimum Gasteiger partial charge on any atom is -0.465 e. The summed E-state index contributed by atoms with van der Waals surface area (Å²) in [5.41, 5.74) is 1.57. The van der Waals surface area contributed by atoms with Gasteiger partial charge in [0.05, 0.1) is 31.6 Å². The minimum atomic E-state index is -0.346. The average Bonchev–Trinajstić information content (AvgIpc) is 3.01. The van der Waals surface area contributed by atoms with Gasteiger partial charge in [0.2, 0.25) is 5.91 Å². The molecule has 1 unspecified atom stereocenters. The number of ether oxygens (including phenoxy) is 2. The first kappa shape index (κ1) is 17.3. The van der Waals surface area contributed by atoms with Crippen molar-refractivity contribution in [3.63, 3.8) is 0 Å². The minimum absolute atomic E-state index is 0.0187. The first-order valence-corrected chi connectivity index (χ1v) is 9.13. The van der Waals surface area contributed by atoms with E-state index < -0.39 is 0 Å². The lowest BCUT2D eigenvalue weighted by atomic mass is 10.1. The summed E-state index contributed by atoms with van der Waals surface area (Å²) in [6.07, 6.45) is 0. The van der Waals surface area contributed by atoms with Crippen molar-refractivity contribution in [2.75, 3.05) is 52.3 Å². The molecular formula is C17H22N2O4S. The van der Waals surface area contributed by atoms with Gasteiger partial charge in [0.15, 0.2) is 0 Å². The molecule has 2 aliphatic heterocycles. The highest BCUT2D eigenvalue weighted by molar-refractivity contribution is 8.00. The van der Waals surface area contributed by atoms with Crippen LogP contribution < -0.4 is 0 Å². The molecule has 0 radical (unpaired) electrons. The molecule has 0 aliphatic carbocycles. The summed E-state index contributed by atoms with van der Waals surface area (Å²) >= 11 is 1.64. The Morgan fingerprint density at radius 3 is 2.62 bits per heavy atom. The van der Waals surface area contributed by atoms with Crippen LogP contribution in [0.15, 0.2) is 24.3 Å². The number of amides is 1. The first-order valence-electron chi connectivity index (χ1n) is 8.08. The monoisotopic (exact) mass is 350 g/mol. The molecule has 0 spiro atoms. The van der Waals surface area contributed by atoms with E-state index in [0.29, 0.717) is 11.3 Å². The second-order valence-electron chi connectivity index (χ2n) is 5.82. The summed E-state index contributed by atoms with van der Waals surface area (Å²) in [6, 6.07) is 7.32. The molecule has 1 atom stereocenters. The van der Waals surface area contributed by atoms with E-state index in [1.165, 1.54) is 7.11 Å². The standard InChI is InChI=1S/C17H22N2O4S/c1-22-17(21)14-4-2-13(3-5-14)16-19(15(20)12-24-16)7-6-18-8-10-23-11-9-18/h2-5,16H,6-12H2,1H3. The molecule has 1 amide bonds. The fourth-order valence-electron chi connectivity index (χ4n) is 2.95. The second kappa shape index (κ2) is 8.00. The van der Waals surface area contributed by atoms with Crippen LogP contribution in [0.2, 0.25) is 0 Å². The third kappa shape index (κ3) is 3.91. The fourth-order valence-corrected chi connectivity index (χ4v) is 4.17. The number of thioether (sulfide) groups is 1. The number of nitrogens with zero attached hydrogens (tertiary/aromatic N) is 2. The summed E-state index contributed by atoms with van der Waals surface area (Å²) < 4.78 is 10.1. The molecule has 0 bridgehead atoms. The Kier molecular flexibility index (Phi) is 5.76. The largest absolute Gasteiger partial charge is 0.465 e. The summed E-state index contributed by atoms with van der Waals surface area (Å²) in [5, 5.41) is 0.0187. The van der Waals surface area contributed by atoms with Gasteiger partial charge in [0.1, 0.15) is 5.37 Å². The second-order valence-corrected chi connectivity index (χ2v) is 6.89. The molecule has 2 fully saturated rings. The van der Waals surface area contributed by atoms with Crippen molar-refractivity contribution < 1.29 is 19.1 Å². The van der Waals surface area contributed by atoms with Gasteiger partial charge in [-0.1, -0.05) is 12.1 Å². The quantitative estimate of drug-likeness (QED) is 0.748. The van der Waals surface area contributed by atoms with Gasteiger partial charge >= 0.3 is 5.97 Å². The number of rotatable bonds is 5. The smallest absolute Gasteiger partial charge is 0.337 e. The third-order valence-corrected chi connectivity index (χ3v) is 5.60. The zero-order valence-electron chi connectivity index (χ0n) is 13.8. The fraction of sp³-hybridized carbons (Fsp3) is 0.529. The van der Waals surface area contributed by atoms with Crippen molar-refractivity contribution in [2.45, 2.75) is 5.37 Å². The first-order chi connectivity index (χ1) is 11.7. The van der Waals surface area contributed by atoms with E-state index in [1.807, 2.05) is 17.0 Å². The SMILES string of the molecule is COC(=O)c1ccc(C2SCC(=O)N2CCN2CCOCC2)cc1. The van der Waals surface area contributed by atoms with Gasteiger partial charge in [-0.2, -0.15) is 0 Å². The number of hydrogen-bond donors (Lipinski definition) is 0. The van der Waals surface area contributed by atoms with Crippen LogP contribution in [-0.4, -0.2) is 73.9 Å². The molecule has 1 aromatic rings. The van der Waals surface area contributed by atoms with Gasteiger partial charge in [-0.15, -0.1) is 11.8 Å². The number of benzene rings is 1. The van der Waals surface area contributed by atoms with Gasteiger partial charge in [-0.3, -0.25) is 9.69 Å². The number of esters is 1. The van der Waals surface area contributed by atoms with E-state index in [9.17, 15) is 9.59 Å². The van der Waals surface area contributed by atoms with Crippen molar-refractivity contribution in [3.05, 3.63) is 35.4 Å². The lowest BCUT2D eigenvalue weighted by Crippen LogP contribution is -2.42. The lowest BCUT2D eigenvalue weighted by Gasteiger charge is -2.30. The average molecular weight is 350 g/mol. The van der Waals surface area contributed by atoms with E-state index in [-0.39, 0.29) is 17.3 Å². The lowest BCUT2D eigenvalue weighted by molar-refractivity contribution is -0.128. The van der Waals surface area contributed by atoms with E-state index in [0.717, 1.165) is 45.0 Å². The maximum absolute atomic E-state index is 12.2. The van der Waals surface area contributed by atoms with Crippen molar-refractivity contribution in [2.24, 2.45) is 0 Å². The van der Waals surface area contributed by atoms with Crippen LogP contribution in [0.4, 0.5) is 0 Å². The van der Waals surface area contributed by atoms with Crippen molar-refractivity contribution in [1.29, 1.82) is 0 Å². The normalized spacial score (nSPS) is 22.0. The molecular weight excluding hydrogens is 328 g/mol. The molecule has 1 aromatic carbocycles. The molecule has 2 aliphatic rings. The van der Waals surface area contributed by atoms with Crippen LogP contribution in [0.5, 0.6) is 0 Å². The predicted molar refractivity (Wildman–Crippen MR) is 92.0 cm³/mol. The van der Waals surface area contributed by atoms with Gasteiger partial charge in [-0.25, -0.2) is 4.79 Å². The Balaban J connectivity index is 1.64. The van der Waals surface area contributed by atoms with E-state index in [4.69, 9.17) is 9.47 Å². The summed E-state index contributed by atoms with van der Waals surface area (Å²) in [6.45, 7) is 4.96. The summed E-state index contributed by atoms with van der Waals surface area (Å²) in [4.78, 5) is 28.0. The number of hydrogen-bond acceptors (Lipinski definition) is 6. The van der Waals surface area contributed by atoms with E-state index in [1.54, 1.807) is 23.9 Å². The summed E-state index contributed by atoms with van der Waals surface area (Å²) in [5.74, 6) is 0.336. The summed E-state index contributed by atoms with van der Waals surface area (Å²) in [7, 11) is 1.37. The molecule has 2 heterocycles. The van der Waals surface area contributed by atoms with E-state index in [2.05, 4.69) is 4.90 Å². The molecule has 0 aromatic heterocycles. The Bertz CT molecular complexity index is 587. The van der Waals surface area contributed by atoms with Crippen LogP contribution in [0, 0.1) is 0 Å². The van der Waals surface area contributed by atoms with Crippen LogP contribution in [0.1, 0.15) is 21.3 Å². The molecule has 6 nitrogen and oxygen atoms in total. The molecule has 3 rings (SSSR count). The van der Waals surface area contributed by atoms with Gasteiger partial charge in [0.25, 0.3) is 0 Å². The highest BCUT2D eigenvalue weighted by atomic mass is 32.2. The zero-order valence-corrected chi connectivity index (χ0v) is 14.6. The Morgan fingerprint density at radius 1 is 1.25 bits per heavy atom. The number of carbonyl (C=O) groups is 2. The van der Waals surface area contributed by atoms with Gasteiger partial charge in [0, 0.05) is 26.2 Å². The van der Waals surface area contributed by atoms with Gasteiger partial charge in [-0.05, 0) is 17.7 Å². The van der Waals surface area contributed by atoms with Crippen LogP contribution >= 0.6 is 11.8 Å². The molecule has 2 saturated heterocycles. The van der Waals surface area contributed by atoms with E-state index >= 15 is 0 Å². The topological polar surface area (TPSA) is 59.1 Å². The zero-order chi connectivity index (χ0) is 16.9. The Labute approximate surface area is 146 Å². The number of carbonyl (C=O) groups excluding carboxylic acids is 2. The highest BCUT2D eigenvalue weighted by Crippen LogP contribution is 2.38. The van der Waals surface area contributed by atoms with Crippen molar-refractivity contribution >= 4 is 23.6 Å². The Hall–Kier alpha value is -1.57. The van der Waals surface area contributed by atoms with Crippen LogP contribution in [0.3, 0.4) is 0 Å². The third-order valence-electron chi connectivity index (χ3n) is 4.35. The maximum Gasteiger partial charge on any atom is 0.337 e. The predicted octanol–water partition coefficient (Wildman–Crippen LogP) is 1.38. The molecule has 0 saturated carbocycles. The molecule has 24 heavy (non-hydrogen) atoms. The molecule has 130 valence electrons. The van der Waals surface area contributed by atoms with Crippen LogP contribution in [-0.2, 0) is 14.3 Å². The highest BCUT2D eigenvalue weighted by Gasteiger charge is 2.32. The Morgan fingerprint density at radius 2 is 1.96 bits per heavy atom. The van der Waals surface area contributed by atoms with Gasteiger partial charge < -0.3 is 14.4 Å². The number of morpholine rings is 1. The van der Waals surface area contributed by atoms with Crippen molar-refractivity contribution in [3.8, 4) is 0 Å². The maximum atomic E-state index is 12.2.